The topological polar surface area (TPSA) is 76.9 Å². The van der Waals surface area contributed by atoms with Gasteiger partial charge >= 0.3 is 0 Å². The van der Waals surface area contributed by atoms with Crippen LogP contribution in [-0.2, 0) is 17.6 Å². The molecule has 2 aromatic heterocycles. The summed E-state index contributed by atoms with van der Waals surface area (Å²) in [7, 11) is 0. The highest BCUT2D eigenvalue weighted by molar-refractivity contribution is 7.18. The summed E-state index contributed by atoms with van der Waals surface area (Å²) in [5.41, 5.74) is 2.62. The van der Waals surface area contributed by atoms with E-state index in [4.69, 9.17) is 11.6 Å². The van der Waals surface area contributed by atoms with Crippen LogP contribution in [0.15, 0.2) is 23.0 Å². The van der Waals surface area contributed by atoms with Gasteiger partial charge in [-0.25, -0.2) is 0 Å². The number of hydrogen-bond donors (Lipinski definition) is 1. The van der Waals surface area contributed by atoms with Gasteiger partial charge in [0.1, 0.15) is 6.04 Å². The highest BCUT2D eigenvalue weighted by atomic mass is 35.5. The Labute approximate surface area is 197 Å². The molecule has 170 valence electrons. The molecule has 8 heteroatoms. The van der Waals surface area contributed by atoms with E-state index in [-0.39, 0.29) is 16.9 Å². The van der Waals surface area contributed by atoms with E-state index in [1.165, 1.54) is 9.56 Å². The molecule has 1 aliphatic carbocycles. The molecule has 6 nitrogen and oxygen atoms in total. The van der Waals surface area contributed by atoms with E-state index in [1.54, 1.807) is 23.5 Å². The maximum absolute atomic E-state index is 13.5. The number of thiophene rings is 1. The van der Waals surface area contributed by atoms with Crippen LogP contribution in [0.25, 0.3) is 10.2 Å². The van der Waals surface area contributed by atoms with E-state index in [0.717, 1.165) is 30.4 Å². The lowest BCUT2D eigenvalue weighted by Gasteiger charge is -2.33. The number of anilines is 1. The SMILES string of the molecule is CCC(C(=O)Nc1cc(Cl)ccc1C)n1nnc2sc3c(c2c1=O)CCC(C(C)(C)C)C3. The second-order valence-corrected chi connectivity index (χ2v) is 11.2. The van der Waals surface area contributed by atoms with Crippen LogP contribution in [-0.4, -0.2) is 20.9 Å². The molecule has 0 aliphatic heterocycles. The maximum Gasteiger partial charge on any atom is 0.279 e. The third-order valence-corrected chi connectivity index (χ3v) is 7.94. The zero-order valence-corrected chi connectivity index (χ0v) is 20.7. The number of aromatic nitrogens is 3. The second-order valence-electron chi connectivity index (χ2n) is 9.70. The van der Waals surface area contributed by atoms with Crippen LogP contribution in [0, 0.1) is 18.3 Å². The van der Waals surface area contributed by atoms with Crippen molar-refractivity contribution in [1.82, 2.24) is 15.0 Å². The molecule has 0 radical (unpaired) electrons. The summed E-state index contributed by atoms with van der Waals surface area (Å²) in [4.78, 5) is 28.5. The number of halogens is 1. The van der Waals surface area contributed by atoms with Gasteiger partial charge in [-0.15, -0.1) is 16.4 Å². The minimum absolute atomic E-state index is 0.226. The van der Waals surface area contributed by atoms with Crippen LogP contribution in [0.2, 0.25) is 5.02 Å². The van der Waals surface area contributed by atoms with Crippen molar-refractivity contribution in [3.63, 3.8) is 0 Å². The van der Waals surface area contributed by atoms with Crippen molar-refractivity contribution < 1.29 is 4.79 Å². The first-order valence-corrected chi connectivity index (χ1v) is 12.3. The van der Waals surface area contributed by atoms with Gasteiger partial charge in [0.2, 0.25) is 5.91 Å². The monoisotopic (exact) mass is 472 g/mol. The number of carbonyl (C=O) groups is 1. The normalized spacial score (nSPS) is 17.2. The molecule has 1 amide bonds. The van der Waals surface area contributed by atoms with Gasteiger partial charge in [0.25, 0.3) is 5.56 Å². The lowest BCUT2D eigenvalue weighted by molar-refractivity contribution is -0.119. The van der Waals surface area contributed by atoms with Crippen LogP contribution in [0.5, 0.6) is 0 Å². The quantitative estimate of drug-likeness (QED) is 0.539. The van der Waals surface area contributed by atoms with Gasteiger partial charge in [-0.05, 0) is 67.2 Å². The molecule has 2 atom stereocenters. The van der Waals surface area contributed by atoms with Gasteiger partial charge in [-0.1, -0.05) is 50.6 Å². The number of aryl methyl sites for hydroxylation is 2. The summed E-state index contributed by atoms with van der Waals surface area (Å²) in [6.07, 6.45) is 3.30. The van der Waals surface area contributed by atoms with Crippen LogP contribution in [0.3, 0.4) is 0 Å². The third kappa shape index (κ3) is 4.20. The summed E-state index contributed by atoms with van der Waals surface area (Å²) in [5.74, 6) is 0.277. The van der Waals surface area contributed by atoms with Crippen molar-refractivity contribution in [3.8, 4) is 0 Å². The zero-order chi connectivity index (χ0) is 23.2. The average molecular weight is 473 g/mol. The summed E-state index contributed by atoms with van der Waals surface area (Å²) in [6, 6.07) is 4.58. The van der Waals surface area contributed by atoms with Gasteiger partial charge in [0.05, 0.1) is 5.39 Å². The molecule has 2 unspecified atom stereocenters. The summed E-state index contributed by atoms with van der Waals surface area (Å²) >= 11 is 7.66. The first kappa shape index (κ1) is 22.9. The van der Waals surface area contributed by atoms with Crippen LogP contribution in [0.4, 0.5) is 5.69 Å². The maximum atomic E-state index is 13.5. The minimum Gasteiger partial charge on any atom is -0.324 e. The number of rotatable bonds is 4. The molecule has 0 saturated heterocycles. The van der Waals surface area contributed by atoms with Gasteiger partial charge in [-0.3, -0.25) is 9.59 Å². The Morgan fingerprint density at radius 1 is 1.38 bits per heavy atom. The van der Waals surface area contributed by atoms with E-state index in [0.29, 0.717) is 33.3 Å². The van der Waals surface area contributed by atoms with E-state index in [1.807, 2.05) is 19.9 Å². The zero-order valence-electron chi connectivity index (χ0n) is 19.2. The number of amides is 1. The molecule has 0 saturated carbocycles. The molecule has 1 aromatic carbocycles. The predicted octanol–water partition coefficient (Wildman–Crippen LogP) is 5.56. The predicted molar refractivity (Wildman–Crippen MR) is 131 cm³/mol. The Kier molecular flexibility index (Phi) is 6.16. The molecule has 1 N–H and O–H groups in total. The van der Waals surface area contributed by atoms with Crippen LogP contribution < -0.4 is 10.9 Å². The number of fused-ring (bicyclic) bond motifs is 3. The highest BCUT2D eigenvalue weighted by Crippen LogP contribution is 2.42. The van der Waals surface area contributed by atoms with Gasteiger partial charge in [-0.2, -0.15) is 4.68 Å². The minimum atomic E-state index is -0.751. The van der Waals surface area contributed by atoms with Crippen molar-refractivity contribution in [2.24, 2.45) is 11.3 Å². The van der Waals surface area contributed by atoms with Crippen molar-refractivity contribution in [1.29, 1.82) is 0 Å². The van der Waals surface area contributed by atoms with Crippen LogP contribution >= 0.6 is 22.9 Å². The molecule has 0 bridgehead atoms. The largest absolute Gasteiger partial charge is 0.324 e. The molecule has 0 spiro atoms. The van der Waals surface area contributed by atoms with E-state index in [2.05, 4.69) is 36.4 Å². The summed E-state index contributed by atoms with van der Waals surface area (Å²) in [5, 5.41) is 12.6. The fraction of sp³-hybridized carbons (Fsp3) is 0.500. The van der Waals surface area contributed by atoms with Crippen molar-refractivity contribution in [2.45, 2.75) is 66.3 Å². The molecule has 32 heavy (non-hydrogen) atoms. The fourth-order valence-electron chi connectivity index (χ4n) is 4.46. The van der Waals surface area contributed by atoms with Crippen molar-refractivity contribution >= 4 is 44.7 Å². The lowest BCUT2D eigenvalue weighted by Crippen LogP contribution is -2.35. The van der Waals surface area contributed by atoms with E-state index < -0.39 is 6.04 Å². The Hall–Kier alpha value is -2.25. The molecular weight excluding hydrogens is 444 g/mol. The number of benzene rings is 1. The smallest absolute Gasteiger partial charge is 0.279 e. The average Bonchev–Trinajstić information content (AvgIpc) is 3.11. The number of nitrogens with zero attached hydrogens (tertiary/aromatic N) is 3. The first-order chi connectivity index (χ1) is 15.1. The first-order valence-electron chi connectivity index (χ1n) is 11.1. The van der Waals surface area contributed by atoms with Crippen molar-refractivity contribution in [2.75, 3.05) is 5.32 Å². The van der Waals surface area contributed by atoms with Gasteiger partial charge < -0.3 is 5.32 Å². The highest BCUT2D eigenvalue weighted by Gasteiger charge is 2.32. The standard InChI is InChI=1S/C24H29ClN4O2S/c1-6-18(21(30)26-17-12-15(25)9-7-13(17)2)29-23(31)20-16-10-8-14(24(3,4)5)11-19(16)32-22(20)27-28-29/h7,9,12,14,18H,6,8,10-11H2,1-5H3,(H,26,30). The Morgan fingerprint density at radius 2 is 2.12 bits per heavy atom. The van der Waals surface area contributed by atoms with E-state index in [9.17, 15) is 9.59 Å². The second kappa shape index (κ2) is 8.60. The Balaban J connectivity index is 1.69. The fourth-order valence-corrected chi connectivity index (χ4v) is 5.87. The van der Waals surface area contributed by atoms with E-state index >= 15 is 0 Å². The Bertz CT molecular complexity index is 1240. The molecule has 2 heterocycles. The lowest BCUT2D eigenvalue weighted by atomic mass is 9.72. The Morgan fingerprint density at radius 3 is 2.81 bits per heavy atom. The summed E-state index contributed by atoms with van der Waals surface area (Å²) < 4.78 is 1.25. The molecular formula is C24H29ClN4O2S. The molecule has 0 fully saturated rings. The van der Waals surface area contributed by atoms with Crippen LogP contribution in [0.1, 0.15) is 62.6 Å². The number of hydrogen-bond acceptors (Lipinski definition) is 5. The molecule has 1 aliphatic rings. The number of carbonyl (C=O) groups excluding carboxylic acids is 1. The molecule has 4 rings (SSSR count). The molecule has 3 aromatic rings. The van der Waals surface area contributed by atoms with Gasteiger partial charge in [0, 0.05) is 15.6 Å². The van der Waals surface area contributed by atoms with Gasteiger partial charge in [0.15, 0.2) is 4.83 Å². The van der Waals surface area contributed by atoms with Crippen molar-refractivity contribution in [3.05, 3.63) is 49.6 Å². The number of nitrogens with one attached hydrogen (secondary N) is 1. The third-order valence-electron chi connectivity index (χ3n) is 6.57. The summed E-state index contributed by atoms with van der Waals surface area (Å²) in [6.45, 7) is 10.6.